The van der Waals surface area contributed by atoms with Gasteiger partial charge in [0.1, 0.15) is 5.82 Å². The van der Waals surface area contributed by atoms with E-state index >= 15 is 0 Å². The van der Waals surface area contributed by atoms with Crippen molar-refractivity contribution in [2.45, 2.75) is 19.9 Å². The zero-order valence-electron chi connectivity index (χ0n) is 10.6. The van der Waals surface area contributed by atoms with Crippen LogP contribution in [0, 0.1) is 13.8 Å². The van der Waals surface area contributed by atoms with Crippen LogP contribution in [-0.4, -0.2) is 21.7 Å². The largest absolute Gasteiger partial charge is 0.394 e. The third-order valence-corrected chi connectivity index (χ3v) is 2.90. The van der Waals surface area contributed by atoms with Crippen LogP contribution < -0.4 is 5.32 Å². The Labute approximate surface area is 107 Å². The van der Waals surface area contributed by atoms with Gasteiger partial charge in [0.25, 0.3) is 0 Å². The lowest BCUT2D eigenvalue weighted by Crippen LogP contribution is -2.16. The molecule has 2 rings (SSSR count). The van der Waals surface area contributed by atoms with Crippen LogP contribution in [0.5, 0.6) is 0 Å². The Morgan fingerprint density at radius 1 is 1.17 bits per heavy atom. The number of nitrogens with one attached hydrogen (secondary N) is 1. The molecule has 0 aliphatic rings. The third-order valence-electron chi connectivity index (χ3n) is 2.90. The summed E-state index contributed by atoms with van der Waals surface area (Å²) >= 11 is 0. The van der Waals surface area contributed by atoms with E-state index in [1.165, 1.54) is 0 Å². The van der Waals surface area contributed by atoms with E-state index in [1.54, 1.807) is 6.20 Å². The number of aliphatic hydroxyl groups excluding tert-OH is 1. The van der Waals surface area contributed by atoms with Crippen molar-refractivity contribution in [3.8, 4) is 0 Å². The van der Waals surface area contributed by atoms with Gasteiger partial charge in [-0.05, 0) is 19.4 Å². The van der Waals surface area contributed by atoms with Crippen LogP contribution in [0.1, 0.15) is 23.0 Å². The van der Waals surface area contributed by atoms with E-state index in [9.17, 15) is 5.11 Å². The van der Waals surface area contributed by atoms with Crippen molar-refractivity contribution in [3.05, 3.63) is 53.5 Å². The minimum Gasteiger partial charge on any atom is -0.394 e. The topological polar surface area (TPSA) is 58.0 Å². The van der Waals surface area contributed by atoms with E-state index in [-0.39, 0.29) is 12.6 Å². The number of hydrogen-bond acceptors (Lipinski definition) is 4. The zero-order valence-corrected chi connectivity index (χ0v) is 10.6. The SMILES string of the molecule is Cc1ncc(NC(CO)c2ccccc2)nc1C. The van der Waals surface area contributed by atoms with Gasteiger partial charge < -0.3 is 10.4 Å². The Kier molecular flexibility index (Phi) is 3.89. The van der Waals surface area contributed by atoms with Gasteiger partial charge in [0, 0.05) is 0 Å². The highest BCUT2D eigenvalue weighted by molar-refractivity contribution is 5.37. The van der Waals surface area contributed by atoms with Gasteiger partial charge in [-0.25, -0.2) is 4.98 Å². The second kappa shape index (κ2) is 5.60. The molecule has 0 radical (unpaired) electrons. The molecule has 0 fully saturated rings. The summed E-state index contributed by atoms with van der Waals surface area (Å²) in [6, 6.07) is 9.64. The Hall–Kier alpha value is -1.94. The van der Waals surface area contributed by atoms with Crippen LogP contribution in [0.25, 0.3) is 0 Å². The first-order valence-corrected chi connectivity index (χ1v) is 5.93. The first kappa shape index (κ1) is 12.5. The summed E-state index contributed by atoms with van der Waals surface area (Å²) in [5.41, 5.74) is 2.84. The lowest BCUT2D eigenvalue weighted by atomic mass is 10.1. The molecule has 4 nitrogen and oxygen atoms in total. The van der Waals surface area contributed by atoms with Crippen LogP contribution in [0.4, 0.5) is 5.82 Å². The average molecular weight is 243 g/mol. The standard InChI is InChI=1S/C14H17N3O/c1-10-11(2)16-14(8-15-10)17-13(9-18)12-6-4-3-5-7-12/h3-8,13,18H,9H2,1-2H3,(H,16,17). The maximum atomic E-state index is 9.45. The molecule has 0 bridgehead atoms. The predicted molar refractivity (Wildman–Crippen MR) is 71.4 cm³/mol. The fourth-order valence-corrected chi connectivity index (χ4v) is 1.71. The summed E-state index contributed by atoms with van der Waals surface area (Å²) in [6.07, 6.45) is 1.69. The lowest BCUT2D eigenvalue weighted by molar-refractivity contribution is 0.276. The smallest absolute Gasteiger partial charge is 0.145 e. The summed E-state index contributed by atoms with van der Waals surface area (Å²) in [5, 5.41) is 12.6. The highest BCUT2D eigenvalue weighted by Gasteiger charge is 2.10. The fraction of sp³-hybridized carbons (Fsp3) is 0.286. The second-order valence-corrected chi connectivity index (χ2v) is 4.22. The van der Waals surface area contributed by atoms with Gasteiger partial charge >= 0.3 is 0 Å². The van der Waals surface area contributed by atoms with E-state index < -0.39 is 0 Å². The number of benzene rings is 1. The van der Waals surface area contributed by atoms with Crippen LogP contribution in [0.2, 0.25) is 0 Å². The highest BCUT2D eigenvalue weighted by atomic mass is 16.3. The maximum Gasteiger partial charge on any atom is 0.145 e. The number of anilines is 1. The molecule has 94 valence electrons. The number of aryl methyl sites for hydroxylation is 2. The molecule has 0 aliphatic heterocycles. The number of rotatable bonds is 4. The molecule has 2 aromatic rings. The number of aliphatic hydroxyl groups is 1. The zero-order chi connectivity index (χ0) is 13.0. The Morgan fingerprint density at radius 3 is 2.50 bits per heavy atom. The molecule has 18 heavy (non-hydrogen) atoms. The van der Waals surface area contributed by atoms with Crippen molar-refractivity contribution >= 4 is 5.82 Å². The van der Waals surface area contributed by atoms with Crippen molar-refractivity contribution in [1.29, 1.82) is 0 Å². The van der Waals surface area contributed by atoms with E-state index in [4.69, 9.17) is 0 Å². The van der Waals surface area contributed by atoms with Crippen LogP contribution in [0.15, 0.2) is 36.5 Å². The van der Waals surface area contributed by atoms with Gasteiger partial charge in [0.2, 0.25) is 0 Å². The first-order valence-electron chi connectivity index (χ1n) is 5.93. The van der Waals surface area contributed by atoms with E-state index in [2.05, 4.69) is 15.3 Å². The Morgan fingerprint density at radius 2 is 1.89 bits per heavy atom. The van der Waals surface area contributed by atoms with Crippen molar-refractivity contribution in [2.75, 3.05) is 11.9 Å². The second-order valence-electron chi connectivity index (χ2n) is 4.22. The molecule has 0 amide bonds. The Bertz CT molecular complexity index is 514. The summed E-state index contributed by atoms with van der Waals surface area (Å²) in [5.74, 6) is 0.681. The molecule has 0 saturated heterocycles. The molecule has 2 N–H and O–H groups in total. The van der Waals surface area contributed by atoms with Gasteiger partial charge in [-0.3, -0.25) is 4.98 Å². The van der Waals surface area contributed by atoms with Crippen molar-refractivity contribution in [3.63, 3.8) is 0 Å². The molecular weight excluding hydrogens is 226 g/mol. The number of aromatic nitrogens is 2. The van der Waals surface area contributed by atoms with Gasteiger partial charge in [-0.1, -0.05) is 30.3 Å². The highest BCUT2D eigenvalue weighted by Crippen LogP contribution is 2.17. The van der Waals surface area contributed by atoms with Gasteiger partial charge in [-0.2, -0.15) is 0 Å². The van der Waals surface area contributed by atoms with Gasteiger partial charge in [-0.15, -0.1) is 0 Å². The van der Waals surface area contributed by atoms with Gasteiger partial charge in [0.05, 0.1) is 30.2 Å². The molecular formula is C14H17N3O. The molecule has 4 heteroatoms. The summed E-state index contributed by atoms with van der Waals surface area (Å²) in [4.78, 5) is 8.65. The average Bonchev–Trinajstić information content (AvgIpc) is 2.41. The van der Waals surface area contributed by atoms with Gasteiger partial charge in [0.15, 0.2) is 0 Å². The van der Waals surface area contributed by atoms with E-state index in [1.807, 2.05) is 44.2 Å². The molecule has 1 aromatic heterocycles. The molecule has 1 unspecified atom stereocenters. The number of hydrogen-bond donors (Lipinski definition) is 2. The minimum atomic E-state index is -0.164. The molecule has 0 saturated carbocycles. The summed E-state index contributed by atoms with van der Waals surface area (Å²) < 4.78 is 0. The maximum absolute atomic E-state index is 9.45. The molecule has 1 aromatic carbocycles. The Balaban J connectivity index is 2.18. The summed E-state index contributed by atoms with van der Waals surface area (Å²) in [6.45, 7) is 3.86. The monoisotopic (exact) mass is 243 g/mol. The molecule has 1 heterocycles. The van der Waals surface area contributed by atoms with Crippen molar-refractivity contribution < 1.29 is 5.11 Å². The quantitative estimate of drug-likeness (QED) is 0.864. The van der Waals surface area contributed by atoms with Crippen LogP contribution >= 0.6 is 0 Å². The van der Waals surface area contributed by atoms with Crippen molar-refractivity contribution in [1.82, 2.24) is 9.97 Å². The third kappa shape index (κ3) is 2.84. The molecule has 1 atom stereocenters. The fourth-order valence-electron chi connectivity index (χ4n) is 1.71. The van der Waals surface area contributed by atoms with E-state index in [0.717, 1.165) is 17.0 Å². The predicted octanol–water partition coefficient (Wildman–Crippen LogP) is 2.24. The van der Waals surface area contributed by atoms with E-state index in [0.29, 0.717) is 5.82 Å². The molecule has 0 spiro atoms. The lowest BCUT2D eigenvalue weighted by Gasteiger charge is -2.17. The molecule has 0 aliphatic carbocycles. The van der Waals surface area contributed by atoms with Crippen molar-refractivity contribution in [2.24, 2.45) is 0 Å². The number of nitrogens with zero attached hydrogens (tertiary/aromatic N) is 2. The minimum absolute atomic E-state index is 0.0125. The summed E-state index contributed by atoms with van der Waals surface area (Å²) in [7, 11) is 0. The normalized spacial score (nSPS) is 12.2. The first-order chi connectivity index (χ1) is 8.70. The van der Waals surface area contributed by atoms with Crippen LogP contribution in [0.3, 0.4) is 0 Å². The van der Waals surface area contributed by atoms with Crippen LogP contribution in [-0.2, 0) is 0 Å².